The van der Waals surface area contributed by atoms with Crippen molar-refractivity contribution in [2.45, 2.75) is 10.8 Å². The molecule has 0 unspecified atom stereocenters. The van der Waals surface area contributed by atoms with E-state index < -0.39 is 10.0 Å². The molecule has 0 saturated carbocycles. The molecule has 10 heteroatoms. The van der Waals surface area contributed by atoms with Gasteiger partial charge in [-0.25, -0.2) is 23.1 Å². The van der Waals surface area contributed by atoms with Gasteiger partial charge in [0.05, 0.1) is 41.8 Å². The van der Waals surface area contributed by atoms with Crippen LogP contribution in [-0.4, -0.2) is 30.5 Å². The van der Waals surface area contributed by atoms with Gasteiger partial charge in [0.15, 0.2) is 12.2 Å². The minimum Gasteiger partial charge on any atom is -0.497 e. The molecule has 4 aromatic heterocycles. The van der Waals surface area contributed by atoms with E-state index in [1.165, 1.54) is 18.7 Å². The Balaban J connectivity index is 1.55. The monoisotopic (exact) mass is 428 g/mol. The summed E-state index contributed by atoms with van der Waals surface area (Å²) in [6.45, 7) is 0.00884. The first-order valence-electron chi connectivity index (χ1n) is 8.50. The summed E-state index contributed by atoms with van der Waals surface area (Å²) in [4.78, 5) is 13.3. The highest BCUT2D eigenvalue weighted by Gasteiger charge is 2.19. The molecule has 0 aliphatic rings. The molecule has 0 amide bonds. The predicted octanol–water partition coefficient (Wildman–Crippen LogP) is 3.35. The quantitative estimate of drug-likeness (QED) is 0.481. The van der Waals surface area contributed by atoms with Gasteiger partial charge in [0, 0.05) is 18.3 Å². The molecule has 4 aromatic rings. The van der Waals surface area contributed by atoms with Crippen LogP contribution >= 0.6 is 11.3 Å². The lowest BCUT2D eigenvalue weighted by Crippen LogP contribution is -2.23. The van der Waals surface area contributed by atoms with Crippen molar-refractivity contribution >= 4 is 21.4 Å². The number of methoxy groups -OCH3 is 1. The van der Waals surface area contributed by atoms with Gasteiger partial charge in [0.2, 0.25) is 10.0 Å². The Morgan fingerprint density at radius 1 is 1.17 bits per heavy atom. The van der Waals surface area contributed by atoms with Gasteiger partial charge < -0.3 is 9.15 Å². The zero-order valence-corrected chi connectivity index (χ0v) is 16.9. The Bertz CT molecular complexity index is 1210. The van der Waals surface area contributed by atoms with Crippen LogP contribution in [0.15, 0.2) is 69.9 Å². The Hall–Kier alpha value is -3.08. The van der Waals surface area contributed by atoms with Gasteiger partial charge in [-0.15, -0.1) is 11.3 Å². The van der Waals surface area contributed by atoms with Gasteiger partial charge in [-0.2, -0.15) is 0 Å². The third kappa shape index (κ3) is 4.34. The van der Waals surface area contributed by atoms with E-state index in [2.05, 4.69) is 19.7 Å². The molecular formula is C19H16N4O4S2. The highest BCUT2D eigenvalue weighted by molar-refractivity contribution is 7.91. The zero-order chi connectivity index (χ0) is 20.3. The van der Waals surface area contributed by atoms with Crippen molar-refractivity contribution < 1.29 is 17.6 Å². The van der Waals surface area contributed by atoms with E-state index >= 15 is 0 Å². The Morgan fingerprint density at radius 3 is 2.79 bits per heavy atom. The minimum absolute atomic E-state index is 0.00884. The predicted molar refractivity (Wildman–Crippen MR) is 108 cm³/mol. The summed E-state index contributed by atoms with van der Waals surface area (Å²) in [7, 11) is -2.17. The molecule has 148 valence electrons. The molecule has 0 saturated heterocycles. The number of hydrogen-bond donors (Lipinski definition) is 1. The normalized spacial score (nSPS) is 11.5. The second-order valence-corrected chi connectivity index (χ2v) is 8.99. The van der Waals surface area contributed by atoms with Crippen LogP contribution in [0.1, 0.15) is 5.69 Å². The average Bonchev–Trinajstić information content (AvgIpc) is 3.45. The number of nitrogens with one attached hydrogen (secondary N) is 1. The number of oxazole rings is 1. The second-order valence-electron chi connectivity index (χ2n) is 5.91. The molecule has 0 radical (unpaired) electrons. The smallest absolute Gasteiger partial charge is 0.250 e. The Morgan fingerprint density at radius 2 is 2.07 bits per heavy atom. The molecule has 0 bridgehead atoms. The number of nitrogens with zero attached hydrogens (tertiary/aromatic N) is 3. The second kappa shape index (κ2) is 8.11. The summed E-state index contributed by atoms with van der Waals surface area (Å²) < 4.78 is 38.6. The van der Waals surface area contributed by atoms with Gasteiger partial charge in [-0.3, -0.25) is 4.98 Å². The number of sulfonamides is 1. The number of hydrogen-bond acceptors (Lipinski definition) is 8. The average molecular weight is 428 g/mol. The van der Waals surface area contributed by atoms with E-state index in [0.29, 0.717) is 33.5 Å². The van der Waals surface area contributed by atoms with Crippen LogP contribution in [0.25, 0.3) is 22.0 Å². The minimum atomic E-state index is -3.72. The van der Waals surface area contributed by atoms with Crippen LogP contribution in [0, 0.1) is 0 Å². The van der Waals surface area contributed by atoms with Crippen LogP contribution in [0.5, 0.6) is 5.75 Å². The molecule has 0 spiro atoms. The molecule has 8 nitrogen and oxygen atoms in total. The first-order valence-corrected chi connectivity index (χ1v) is 10.8. The lowest BCUT2D eigenvalue weighted by atomic mass is 10.2. The van der Waals surface area contributed by atoms with Crippen molar-refractivity contribution in [2.75, 3.05) is 7.11 Å². The van der Waals surface area contributed by atoms with Crippen molar-refractivity contribution in [1.82, 2.24) is 19.7 Å². The summed E-state index contributed by atoms with van der Waals surface area (Å²) in [6, 6.07) is 12.1. The van der Waals surface area contributed by atoms with Crippen LogP contribution < -0.4 is 9.46 Å². The maximum atomic E-state index is 12.7. The summed E-state index contributed by atoms with van der Waals surface area (Å²) in [5.41, 5.74) is 1.79. The van der Waals surface area contributed by atoms with Crippen LogP contribution in [0.2, 0.25) is 0 Å². The maximum absolute atomic E-state index is 12.7. The van der Waals surface area contributed by atoms with E-state index in [0.717, 1.165) is 11.3 Å². The fourth-order valence-electron chi connectivity index (χ4n) is 2.59. The highest BCUT2D eigenvalue weighted by atomic mass is 32.2. The number of pyridine rings is 2. The molecule has 0 fully saturated rings. The van der Waals surface area contributed by atoms with Crippen LogP contribution in [0.4, 0.5) is 0 Å². The Labute approximate surface area is 171 Å². The van der Waals surface area contributed by atoms with E-state index in [1.807, 2.05) is 18.2 Å². The SMILES string of the molecule is COc1cc(CNS(=O)(=O)c2ccc(-c3cnco3)s2)nc(-c2ccccn2)c1. The first-order chi connectivity index (χ1) is 14.0. The largest absolute Gasteiger partial charge is 0.497 e. The summed E-state index contributed by atoms with van der Waals surface area (Å²) >= 11 is 1.10. The molecule has 4 rings (SSSR count). The number of ether oxygens (including phenoxy) is 1. The molecule has 4 heterocycles. The standard InChI is InChI=1S/C19H16N4O4S2/c1-26-14-8-13(23-16(9-14)15-4-2-3-7-21-15)10-22-29(24,25)19-6-5-18(28-19)17-11-20-12-27-17/h2-9,11-12,22H,10H2,1H3. The lowest BCUT2D eigenvalue weighted by Gasteiger charge is -2.09. The zero-order valence-electron chi connectivity index (χ0n) is 15.3. The molecule has 0 atom stereocenters. The van der Waals surface area contributed by atoms with Gasteiger partial charge in [-0.1, -0.05) is 6.07 Å². The van der Waals surface area contributed by atoms with Gasteiger partial charge >= 0.3 is 0 Å². The van der Waals surface area contributed by atoms with E-state index in [-0.39, 0.29) is 10.8 Å². The Kier molecular flexibility index (Phi) is 5.38. The van der Waals surface area contributed by atoms with Gasteiger partial charge in [0.1, 0.15) is 9.96 Å². The number of aromatic nitrogens is 3. The van der Waals surface area contributed by atoms with Crippen molar-refractivity contribution in [3.8, 4) is 27.8 Å². The van der Waals surface area contributed by atoms with E-state index in [4.69, 9.17) is 9.15 Å². The van der Waals surface area contributed by atoms with Gasteiger partial charge in [-0.05, 0) is 24.3 Å². The third-order valence-electron chi connectivity index (χ3n) is 3.98. The van der Waals surface area contributed by atoms with Crippen LogP contribution in [0.3, 0.4) is 0 Å². The van der Waals surface area contributed by atoms with E-state index in [9.17, 15) is 8.42 Å². The third-order valence-corrected chi connectivity index (χ3v) is 6.97. The summed E-state index contributed by atoms with van der Waals surface area (Å²) in [5.74, 6) is 1.09. The van der Waals surface area contributed by atoms with Crippen molar-refractivity contribution in [3.63, 3.8) is 0 Å². The molecule has 1 N–H and O–H groups in total. The summed E-state index contributed by atoms with van der Waals surface area (Å²) in [6.07, 6.45) is 4.51. The number of rotatable bonds is 7. The lowest BCUT2D eigenvalue weighted by molar-refractivity contribution is 0.413. The topological polar surface area (TPSA) is 107 Å². The van der Waals surface area contributed by atoms with Crippen LogP contribution in [-0.2, 0) is 16.6 Å². The molecule has 0 aromatic carbocycles. The van der Waals surface area contributed by atoms with E-state index in [1.54, 1.807) is 31.5 Å². The fourth-order valence-corrected chi connectivity index (χ4v) is 4.89. The molecule has 0 aliphatic carbocycles. The highest BCUT2D eigenvalue weighted by Crippen LogP contribution is 2.30. The summed E-state index contributed by atoms with van der Waals surface area (Å²) in [5, 5.41) is 0. The van der Waals surface area contributed by atoms with Crippen molar-refractivity contribution in [3.05, 3.63) is 66.9 Å². The molecule has 29 heavy (non-hydrogen) atoms. The molecular weight excluding hydrogens is 412 g/mol. The maximum Gasteiger partial charge on any atom is 0.250 e. The van der Waals surface area contributed by atoms with Crippen molar-refractivity contribution in [1.29, 1.82) is 0 Å². The first kappa shape index (κ1) is 19.2. The number of thiophene rings is 1. The molecule has 0 aliphatic heterocycles. The fraction of sp³-hybridized carbons (Fsp3) is 0.105. The van der Waals surface area contributed by atoms with Gasteiger partial charge in [0.25, 0.3) is 0 Å². The van der Waals surface area contributed by atoms with Crippen molar-refractivity contribution in [2.24, 2.45) is 0 Å².